The van der Waals surface area contributed by atoms with Crippen molar-refractivity contribution in [1.82, 2.24) is 0 Å². The molecule has 3 heteroatoms. The summed E-state index contributed by atoms with van der Waals surface area (Å²) >= 11 is 0. The normalized spacial score (nSPS) is 22.8. The van der Waals surface area contributed by atoms with Crippen LogP contribution in [0, 0.1) is 0 Å². The lowest BCUT2D eigenvalue weighted by Gasteiger charge is -2.04. The van der Waals surface area contributed by atoms with Crippen molar-refractivity contribution in [3.05, 3.63) is 0 Å². The summed E-state index contributed by atoms with van der Waals surface area (Å²) < 4.78 is 49.3. The van der Waals surface area contributed by atoms with Crippen LogP contribution in [-0.4, -0.2) is 25.3 Å². The van der Waals surface area contributed by atoms with Crippen molar-refractivity contribution in [1.29, 1.82) is 0 Å². The van der Waals surface area contributed by atoms with Gasteiger partial charge in [0.05, 0.1) is 6.61 Å². The predicted octanol–water partition coefficient (Wildman–Crippen LogP) is 5.41. The number of carbonyl (C=O) groups is 1. The Kier molecular flexibility index (Phi) is 8.18. The summed E-state index contributed by atoms with van der Waals surface area (Å²) in [5, 5.41) is 0. The molecule has 0 aromatic carbocycles. The predicted molar refractivity (Wildman–Crippen MR) is 91.0 cm³/mol. The van der Waals surface area contributed by atoms with Gasteiger partial charge in [0, 0.05) is 13.2 Å². The molecule has 0 amide bonds. The van der Waals surface area contributed by atoms with E-state index in [0.717, 1.165) is 19.3 Å². The maximum Gasteiger partial charge on any atom is 0.305 e. The van der Waals surface area contributed by atoms with Gasteiger partial charge in [-0.1, -0.05) is 83.9 Å². The summed E-state index contributed by atoms with van der Waals surface area (Å²) in [5.74, 6) is -1.25. The van der Waals surface area contributed by atoms with E-state index in [2.05, 4.69) is 6.92 Å². The Bertz CT molecular complexity index is 428. The second-order valence-electron chi connectivity index (χ2n) is 6.00. The first-order valence-electron chi connectivity index (χ1n) is 11.5. The number of carbonyl (C=O) groups excluding carboxylic acids is 1. The number of esters is 1. The fraction of sp³-hybridized carbons (Fsp3) is 0.947. The summed E-state index contributed by atoms with van der Waals surface area (Å²) in [6.07, 6.45) is 4.74. The molecule has 1 fully saturated rings. The SMILES string of the molecule is [2H]C(CCCCCCCCCCCC)C([2H])([2H])C([2H])([2H])C(=O)OCC1CO1. The van der Waals surface area contributed by atoms with Crippen LogP contribution in [0.3, 0.4) is 0 Å². The van der Waals surface area contributed by atoms with Crippen molar-refractivity contribution < 1.29 is 21.1 Å². The molecule has 1 saturated heterocycles. The van der Waals surface area contributed by atoms with Gasteiger partial charge in [0.15, 0.2) is 0 Å². The van der Waals surface area contributed by atoms with Crippen LogP contribution in [0.25, 0.3) is 0 Å². The molecular weight excluding hydrogens is 276 g/mol. The molecule has 0 N–H and O–H groups in total. The molecular formula is C19H36O3. The number of hydrogen-bond donors (Lipinski definition) is 0. The topological polar surface area (TPSA) is 38.8 Å². The van der Waals surface area contributed by atoms with E-state index in [1.54, 1.807) is 0 Å². The third kappa shape index (κ3) is 13.1. The van der Waals surface area contributed by atoms with E-state index in [0.29, 0.717) is 13.0 Å². The van der Waals surface area contributed by atoms with Gasteiger partial charge < -0.3 is 9.47 Å². The van der Waals surface area contributed by atoms with Crippen LogP contribution in [0.5, 0.6) is 0 Å². The van der Waals surface area contributed by atoms with Gasteiger partial charge in [0.2, 0.25) is 0 Å². The lowest BCUT2D eigenvalue weighted by Crippen LogP contribution is -2.09. The highest BCUT2D eigenvalue weighted by Gasteiger charge is 2.23. The summed E-state index contributed by atoms with van der Waals surface area (Å²) in [6, 6.07) is 0. The van der Waals surface area contributed by atoms with Crippen LogP contribution < -0.4 is 0 Å². The molecule has 2 unspecified atom stereocenters. The van der Waals surface area contributed by atoms with Crippen LogP contribution in [0.2, 0.25) is 0 Å². The van der Waals surface area contributed by atoms with Gasteiger partial charge in [-0.3, -0.25) is 4.79 Å². The average molecular weight is 318 g/mol. The first-order chi connectivity index (χ1) is 12.7. The molecule has 1 aliphatic rings. The van der Waals surface area contributed by atoms with E-state index in [9.17, 15) is 4.79 Å². The molecule has 2 atom stereocenters. The lowest BCUT2D eigenvalue weighted by molar-refractivity contribution is -0.144. The Balaban J connectivity index is 2.20. The van der Waals surface area contributed by atoms with Crippen molar-refractivity contribution >= 4 is 5.97 Å². The van der Waals surface area contributed by atoms with Crippen molar-refractivity contribution in [2.45, 2.75) is 103 Å². The summed E-state index contributed by atoms with van der Waals surface area (Å²) in [4.78, 5) is 11.9. The molecule has 0 aromatic rings. The Morgan fingerprint density at radius 1 is 1.05 bits per heavy atom. The van der Waals surface area contributed by atoms with Crippen molar-refractivity contribution in [3.8, 4) is 0 Å². The number of hydrogen-bond acceptors (Lipinski definition) is 3. The number of ether oxygens (including phenoxy) is 2. The fourth-order valence-corrected chi connectivity index (χ4v) is 2.28. The third-order valence-corrected chi connectivity index (χ3v) is 3.78. The molecule has 1 aliphatic heterocycles. The van der Waals surface area contributed by atoms with Gasteiger partial charge in [-0.15, -0.1) is 0 Å². The zero-order valence-corrected chi connectivity index (χ0v) is 14.1. The van der Waals surface area contributed by atoms with Gasteiger partial charge in [-0.05, 0) is 6.37 Å². The van der Waals surface area contributed by atoms with Crippen LogP contribution in [0.15, 0.2) is 0 Å². The highest BCUT2D eigenvalue weighted by Crippen LogP contribution is 2.13. The molecule has 0 radical (unpaired) electrons. The molecule has 1 rings (SSSR count). The fourth-order valence-electron chi connectivity index (χ4n) is 2.28. The van der Waals surface area contributed by atoms with E-state index in [1.807, 2.05) is 0 Å². The average Bonchev–Trinajstić information content (AvgIpc) is 3.45. The molecule has 0 bridgehead atoms. The zero-order valence-electron chi connectivity index (χ0n) is 19.1. The summed E-state index contributed by atoms with van der Waals surface area (Å²) in [5.41, 5.74) is 0. The van der Waals surface area contributed by atoms with Crippen LogP contribution in [0.1, 0.15) is 104 Å². The first-order valence-corrected chi connectivity index (χ1v) is 8.94. The summed E-state index contributed by atoms with van der Waals surface area (Å²) in [7, 11) is 0. The second-order valence-corrected chi connectivity index (χ2v) is 6.00. The van der Waals surface area contributed by atoms with E-state index in [4.69, 9.17) is 16.3 Å². The van der Waals surface area contributed by atoms with Crippen LogP contribution in [0.4, 0.5) is 0 Å². The van der Waals surface area contributed by atoms with Crippen LogP contribution in [-0.2, 0) is 14.3 Å². The van der Waals surface area contributed by atoms with Gasteiger partial charge in [0.25, 0.3) is 0 Å². The molecule has 0 aromatic heterocycles. The molecule has 0 aliphatic carbocycles. The Morgan fingerprint density at radius 3 is 2.14 bits per heavy atom. The Hall–Kier alpha value is -0.570. The highest BCUT2D eigenvalue weighted by molar-refractivity contribution is 5.69. The Morgan fingerprint density at radius 2 is 1.59 bits per heavy atom. The number of epoxide rings is 1. The van der Waals surface area contributed by atoms with Gasteiger partial charge in [0.1, 0.15) is 12.7 Å². The monoisotopic (exact) mass is 317 g/mol. The molecule has 1 heterocycles. The quantitative estimate of drug-likeness (QED) is 0.217. The number of rotatable bonds is 16. The van der Waals surface area contributed by atoms with E-state index >= 15 is 0 Å². The second kappa shape index (κ2) is 14.0. The number of unbranched alkanes of at least 4 members (excludes halogenated alkanes) is 9. The highest BCUT2D eigenvalue weighted by atomic mass is 16.6. The summed E-state index contributed by atoms with van der Waals surface area (Å²) in [6.45, 7) is 2.62. The van der Waals surface area contributed by atoms with Gasteiger partial charge in [-0.2, -0.15) is 0 Å². The smallest absolute Gasteiger partial charge is 0.305 e. The zero-order chi connectivity index (χ0) is 20.3. The van der Waals surface area contributed by atoms with E-state index < -0.39 is 25.1 Å². The standard InChI is InChI=1S/C19H36O3/c1-2-3-4-5-6-7-8-9-10-11-12-13-14-15-19(20)22-17-18-16-21-18/h18H,2-17H2,1H3/i13D,14D2,15D2. The van der Waals surface area contributed by atoms with E-state index in [-0.39, 0.29) is 19.1 Å². The molecule has 3 nitrogen and oxygen atoms in total. The molecule has 0 saturated carbocycles. The third-order valence-electron chi connectivity index (χ3n) is 3.78. The van der Waals surface area contributed by atoms with Crippen LogP contribution >= 0.6 is 0 Å². The lowest BCUT2D eigenvalue weighted by atomic mass is 10.0. The maximum absolute atomic E-state index is 11.9. The first kappa shape index (κ1) is 12.8. The van der Waals surface area contributed by atoms with Crippen molar-refractivity contribution in [2.75, 3.05) is 13.2 Å². The molecule has 130 valence electrons. The maximum atomic E-state index is 11.9. The molecule has 22 heavy (non-hydrogen) atoms. The minimum atomic E-state index is -2.84. The van der Waals surface area contributed by atoms with Crippen molar-refractivity contribution in [3.63, 3.8) is 0 Å². The Labute approximate surface area is 144 Å². The van der Waals surface area contributed by atoms with E-state index in [1.165, 1.54) is 38.5 Å². The van der Waals surface area contributed by atoms with Crippen molar-refractivity contribution in [2.24, 2.45) is 0 Å². The minimum absolute atomic E-state index is 0.0600. The van der Waals surface area contributed by atoms with Gasteiger partial charge in [-0.25, -0.2) is 0 Å². The largest absolute Gasteiger partial charge is 0.463 e. The minimum Gasteiger partial charge on any atom is -0.463 e. The molecule has 0 spiro atoms. The van der Waals surface area contributed by atoms with Gasteiger partial charge >= 0.3 is 5.97 Å².